The lowest BCUT2D eigenvalue weighted by Crippen LogP contribution is -2.22. The molecular formula is C22H21ClN2O5S. The van der Waals surface area contributed by atoms with Gasteiger partial charge in [-0.25, -0.2) is 13.1 Å². The summed E-state index contributed by atoms with van der Waals surface area (Å²) >= 11 is 6.07. The maximum Gasteiger partial charge on any atom is 0.248 e. The minimum Gasteiger partial charge on any atom is -0.495 e. The Morgan fingerprint density at radius 2 is 1.94 bits per heavy atom. The molecule has 0 aliphatic heterocycles. The van der Waals surface area contributed by atoms with E-state index in [1.54, 1.807) is 42.5 Å². The Morgan fingerprint density at radius 3 is 2.58 bits per heavy atom. The van der Waals surface area contributed by atoms with E-state index < -0.39 is 10.0 Å². The highest BCUT2D eigenvalue weighted by molar-refractivity contribution is 7.89. The van der Waals surface area contributed by atoms with Gasteiger partial charge >= 0.3 is 0 Å². The molecular weight excluding hydrogens is 440 g/mol. The Bertz CT molecular complexity index is 1190. The smallest absolute Gasteiger partial charge is 0.248 e. The van der Waals surface area contributed by atoms with Crippen LogP contribution in [0.3, 0.4) is 0 Å². The number of nitrogens with one attached hydrogen (secondary N) is 2. The van der Waals surface area contributed by atoms with Crippen molar-refractivity contribution in [3.8, 4) is 5.75 Å². The first-order valence-corrected chi connectivity index (χ1v) is 11.1. The van der Waals surface area contributed by atoms with E-state index in [0.717, 1.165) is 5.56 Å². The molecule has 2 N–H and O–H groups in total. The Labute approximate surface area is 185 Å². The second-order valence-electron chi connectivity index (χ2n) is 6.60. The van der Waals surface area contributed by atoms with Gasteiger partial charge in [-0.3, -0.25) is 4.79 Å². The first-order chi connectivity index (χ1) is 14.8. The number of anilines is 1. The van der Waals surface area contributed by atoms with Crippen LogP contribution in [0.4, 0.5) is 5.69 Å². The van der Waals surface area contributed by atoms with Gasteiger partial charge in [-0.15, -0.1) is 0 Å². The summed E-state index contributed by atoms with van der Waals surface area (Å²) in [7, 11) is -2.19. The van der Waals surface area contributed by atoms with E-state index in [9.17, 15) is 13.2 Å². The molecule has 0 atom stereocenters. The molecule has 3 aromatic rings. The Balaban J connectivity index is 1.64. The third kappa shape index (κ3) is 5.97. The predicted octanol–water partition coefficient (Wildman–Crippen LogP) is 4.38. The zero-order valence-electron chi connectivity index (χ0n) is 16.9. The van der Waals surface area contributed by atoms with Crippen molar-refractivity contribution in [2.45, 2.75) is 18.4 Å². The quantitative estimate of drug-likeness (QED) is 0.486. The lowest BCUT2D eigenvalue weighted by Gasteiger charge is -2.11. The molecule has 7 nitrogen and oxygen atoms in total. The van der Waals surface area contributed by atoms with Gasteiger partial charge in [0.15, 0.2) is 0 Å². The molecule has 0 saturated carbocycles. The van der Waals surface area contributed by atoms with Gasteiger partial charge in [0.1, 0.15) is 11.5 Å². The average molecular weight is 461 g/mol. The van der Waals surface area contributed by atoms with Gasteiger partial charge in [0.2, 0.25) is 15.9 Å². The average Bonchev–Trinajstić information content (AvgIpc) is 3.27. The Kier molecular flexibility index (Phi) is 7.17. The fourth-order valence-electron chi connectivity index (χ4n) is 2.70. The Hall–Kier alpha value is -3.07. The predicted molar refractivity (Wildman–Crippen MR) is 120 cm³/mol. The summed E-state index contributed by atoms with van der Waals surface area (Å²) in [4.78, 5) is 12.4. The zero-order valence-corrected chi connectivity index (χ0v) is 18.5. The molecule has 3 rings (SSSR count). The van der Waals surface area contributed by atoms with Crippen molar-refractivity contribution in [1.29, 1.82) is 0 Å². The lowest BCUT2D eigenvalue weighted by atomic mass is 10.2. The number of hydrogen-bond acceptors (Lipinski definition) is 5. The molecule has 1 amide bonds. The normalized spacial score (nSPS) is 11.6. The molecule has 0 aliphatic rings. The van der Waals surface area contributed by atoms with Gasteiger partial charge in [0, 0.05) is 17.2 Å². The molecule has 1 heterocycles. The molecule has 0 spiro atoms. The van der Waals surface area contributed by atoms with Crippen molar-refractivity contribution >= 4 is 39.3 Å². The minimum atomic E-state index is -3.68. The summed E-state index contributed by atoms with van der Waals surface area (Å²) < 4.78 is 37.6. The highest BCUT2D eigenvalue weighted by Crippen LogP contribution is 2.30. The minimum absolute atomic E-state index is 0.0603. The van der Waals surface area contributed by atoms with Crippen LogP contribution in [0.5, 0.6) is 5.75 Å². The maximum absolute atomic E-state index is 12.4. The molecule has 0 radical (unpaired) electrons. The number of hydrogen-bond donors (Lipinski definition) is 2. The van der Waals surface area contributed by atoms with Gasteiger partial charge < -0.3 is 14.5 Å². The van der Waals surface area contributed by atoms with Gasteiger partial charge in [0.05, 0.1) is 30.5 Å². The van der Waals surface area contributed by atoms with Crippen LogP contribution in [0.25, 0.3) is 6.08 Å². The number of ether oxygens (including phenoxy) is 1. The topological polar surface area (TPSA) is 97.6 Å². The number of rotatable bonds is 8. The third-order valence-electron chi connectivity index (χ3n) is 4.37. The van der Waals surface area contributed by atoms with E-state index in [2.05, 4.69) is 10.0 Å². The molecule has 2 aromatic carbocycles. The maximum atomic E-state index is 12.4. The fraction of sp³-hybridized carbons (Fsp3) is 0.136. The molecule has 0 unspecified atom stereocenters. The molecule has 0 aliphatic carbocycles. The number of furan rings is 1. The second kappa shape index (κ2) is 9.82. The summed E-state index contributed by atoms with van der Waals surface area (Å²) in [6.07, 6.45) is 4.41. The number of halogens is 1. The van der Waals surface area contributed by atoms with E-state index in [-0.39, 0.29) is 17.3 Å². The molecule has 0 saturated heterocycles. The number of benzene rings is 2. The molecule has 1 aromatic heterocycles. The van der Waals surface area contributed by atoms with E-state index >= 15 is 0 Å². The summed E-state index contributed by atoms with van der Waals surface area (Å²) in [5, 5.41) is 3.28. The van der Waals surface area contributed by atoms with Gasteiger partial charge in [-0.2, -0.15) is 0 Å². The molecule has 0 bridgehead atoms. The molecule has 0 fully saturated rings. The van der Waals surface area contributed by atoms with Crippen LogP contribution in [0.1, 0.15) is 16.9 Å². The van der Waals surface area contributed by atoms with E-state index in [1.807, 2.05) is 6.92 Å². The van der Waals surface area contributed by atoms with Crippen molar-refractivity contribution in [1.82, 2.24) is 4.72 Å². The summed E-state index contributed by atoms with van der Waals surface area (Å²) in [6, 6.07) is 12.9. The van der Waals surface area contributed by atoms with Gasteiger partial charge in [-0.1, -0.05) is 23.7 Å². The highest BCUT2D eigenvalue weighted by Gasteiger charge is 2.14. The zero-order chi connectivity index (χ0) is 22.4. The third-order valence-corrected chi connectivity index (χ3v) is 6.20. The number of carbonyl (C=O) groups is 1. The van der Waals surface area contributed by atoms with Crippen LogP contribution < -0.4 is 14.8 Å². The number of sulfonamides is 1. The van der Waals surface area contributed by atoms with Crippen LogP contribution in [-0.2, 0) is 21.4 Å². The number of aryl methyl sites for hydroxylation is 1. The van der Waals surface area contributed by atoms with Crippen molar-refractivity contribution in [3.05, 3.63) is 82.8 Å². The second-order valence-corrected chi connectivity index (χ2v) is 8.77. The summed E-state index contributed by atoms with van der Waals surface area (Å²) in [5.74, 6) is 0.604. The van der Waals surface area contributed by atoms with Crippen LogP contribution in [0, 0.1) is 6.92 Å². The van der Waals surface area contributed by atoms with E-state index in [4.69, 9.17) is 20.8 Å². The summed E-state index contributed by atoms with van der Waals surface area (Å²) in [5.41, 5.74) is 1.97. The fourth-order valence-corrected chi connectivity index (χ4v) is 3.84. The molecule has 162 valence electrons. The molecule has 31 heavy (non-hydrogen) atoms. The lowest BCUT2D eigenvalue weighted by molar-refractivity contribution is -0.111. The van der Waals surface area contributed by atoms with Crippen LogP contribution in [0.2, 0.25) is 5.02 Å². The molecule has 9 heteroatoms. The van der Waals surface area contributed by atoms with Crippen molar-refractivity contribution in [2.24, 2.45) is 0 Å². The van der Waals surface area contributed by atoms with E-state index in [0.29, 0.717) is 27.8 Å². The SMILES string of the molecule is COc1cc(Cl)c(C)cc1NC(=O)/C=C/c1ccc(S(=O)(=O)NCc2ccco2)cc1. The van der Waals surface area contributed by atoms with Crippen LogP contribution >= 0.6 is 11.6 Å². The highest BCUT2D eigenvalue weighted by atomic mass is 35.5. The van der Waals surface area contributed by atoms with Crippen LogP contribution in [0.15, 0.2) is 70.2 Å². The first kappa shape index (κ1) is 22.6. The Morgan fingerprint density at radius 1 is 1.19 bits per heavy atom. The first-order valence-electron chi connectivity index (χ1n) is 9.24. The van der Waals surface area contributed by atoms with Gasteiger partial charge in [0.25, 0.3) is 0 Å². The van der Waals surface area contributed by atoms with Crippen molar-refractivity contribution < 1.29 is 22.4 Å². The van der Waals surface area contributed by atoms with Crippen molar-refractivity contribution in [3.63, 3.8) is 0 Å². The standard InChI is InChI=1S/C22H21ClN2O5S/c1-15-12-20(21(29-2)13-19(15)23)25-22(26)10-7-16-5-8-18(9-6-16)31(27,28)24-14-17-4-3-11-30-17/h3-13,24H,14H2,1-2H3,(H,25,26)/b10-7+. The summed E-state index contributed by atoms with van der Waals surface area (Å²) in [6.45, 7) is 1.89. The largest absolute Gasteiger partial charge is 0.495 e. The van der Waals surface area contributed by atoms with Crippen LogP contribution in [-0.4, -0.2) is 21.4 Å². The van der Waals surface area contributed by atoms with Gasteiger partial charge in [-0.05, 0) is 54.5 Å². The number of carbonyl (C=O) groups excluding carboxylic acids is 1. The van der Waals surface area contributed by atoms with E-state index in [1.165, 1.54) is 31.6 Å². The monoisotopic (exact) mass is 460 g/mol. The number of methoxy groups -OCH3 is 1. The van der Waals surface area contributed by atoms with Crippen molar-refractivity contribution in [2.75, 3.05) is 12.4 Å². The number of amides is 1.